The average molecular weight is 180 g/mol. The van der Waals surface area contributed by atoms with E-state index in [1.54, 1.807) is 13.1 Å². The molecule has 1 aromatic rings. The van der Waals surface area contributed by atoms with Crippen LogP contribution in [0.25, 0.3) is 0 Å². The third-order valence-corrected chi connectivity index (χ3v) is 2.72. The molecule has 0 aliphatic heterocycles. The van der Waals surface area contributed by atoms with Crippen LogP contribution in [-0.4, -0.2) is 20.9 Å². The Kier molecular flexibility index (Phi) is 1.49. The van der Waals surface area contributed by atoms with Gasteiger partial charge in [-0.05, 0) is 18.9 Å². The van der Waals surface area contributed by atoms with E-state index < -0.39 is 5.97 Å². The number of rotatable bonds is 2. The Labute approximate surface area is 76.2 Å². The molecule has 4 heteroatoms. The number of aromatic nitrogens is 2. The summed E-state index contributed by atoms with van der Waals surface area (Å²) in [5, 5.41) is 13.0. The van der Waals surface area contributed by atoms with Crippen molar-refractivity contribution < 1.29 is 9.90 Å². The quantitative estimate of drug-likeness (QED) is 0.743. The Hall–Kier alpha value is -1.32. The van der Waals surface area contributed by atoms with Crippen molar-refractivity contribution in [1.82, 2.24) is 9.78 Å². The third kappa shape index (κ3) is 1.22. The topological polar surface area (TPSA) is 55.1 Å². The molecule has 1 fully saturated rings. The summed E-state index contributed by atoms with van der Waals surface area (Å²) >= 11 is 0. The van der Waals surface area contributed by atoms with Crippen LogP contribution in [0.4, 0.5) is 0 Å². The van der Waals surface area contributed by atoms with Gasteiger partial charge in [0.05, 0.1) is 5.69 Å². The summed E-state index contributed by atoms with van der Waals surface area (Å²) in [5.74, 6) is -0.912. The van der Waals surface area contributed by atoms with Crippen molar-refractivity contribution in [1.29, 1.82) is 0 Å². The van der Waals surface area contributed by atoms with Crippen LogP contribution in [0.15, 0.2) is 6.07 Å². The van der Waals surface area contributed by atoms with Gasteiger partial charge in [-0.2, -0.15) is 5.10 Å². The zero-order chi connectivity index (χ0) is 9.64. The Morgan fingerprint density at radius 3 is 2.69 bits per heavy atom. The molecule has 1 aliphatic rings. The first-order valence-electron chi connectivity index (χ1n) is 4.31. The van der Waals surface area contributed by atoms with E-state index >= 15 is 0 Å². The highest BCUT2D eigenvalue weighted by Crippen LogP contribution is 2.46. The van der Waals surface area contributed by atoms with E-state index in [0.29, 0.717) is 0 Å². The number of aromatic carboxylic acids is 1. The van der Waals surface area contributed by atoms with Crippen molar-refractivity contribution in [2.45, 2.75) is 25.2 Å². The molecule has 0 unspecified atom stereocenters. The Morgan fingerprint density at radius 1 is 1.69 bits per heavy atom. The maximum atomic E-state index is 10.7. The van der Waals surface area contributed by atoms with Gasteiger partial charge in [-0.1, -0.05) is 6.92 Å². The monoisotopic (exact) mass is 180 g/mol. The highest BCUT2D eigenvalue weighted by atomic mass is 16.4. The van der Waals surface area contributed by atoms with Crippen molar-refractivity contribution in [3.05, 3.63) is 17.5 Å². The maximum absolute atomic E-state index is 10.7. The van der Waals surface area contributed by atoms with Crippen molar-refractivity contribution in [3.63, 3.8) is 0 Å². The third-order valence-electron chi connectivity index (χ3n) is 2.72. The molecule has 0 bridgehead atoms. The van der Waals surface area contributed by atoms with Gasteiger partial charge >= 0.3 is 5.97 Å². The first-order chi connectivity index (χ1) is 6.03. The van der Waals surface area contributed by atoms with Crippen molar-refractivity contribution in [2.24, 2.45) is 7.05 Å². The fourth-order valence-corrected chi connectivity index (χ4v) is 1.41. The van der Waals surface area contributed by atoms with E-state index in [1.165, 1.54) is 4.68 Å². The van der Waals surface area contributed by atoms with E-state index in [1.807, 2.05) is 0 Å². The number of hydrogen-bond acceptors (Lipinski definition) is 2. The zero-order valence-electron chi connectivity index (χ0n) is 7.74. The van der Waals surface area contributed by atoms with E-state index in [-0.39, 0.29) is 11.1 Å². The molecule has 0 spiro atoms. The number of hydrogen-bond donors (Lipinski definition) is 1. The predicted octanol–water partition coefficient (Wildman–Crippen LogP) is 1.17. The molecule has 70 valence electrons. The summed E-state index contributed by atoms with van der Waals surface area (Å²) in [6.07, 6.45) is 2.23. The normalized spacial score (nSPS) is 18.6. The van der Waals surface area contributed by atoms with Crippen LogP contribution in [0.3, 0.4) is 0 Å². The van der Waals surface area contributed by atoms with Gasteiger partial charge in [0.1, 0.15) is 5.69 Å². The number of carboxylic acids is 1. The van der Waals surface area contributed by atoms with Gasteiger partial charge in [0.25, 0.3) is 0 Å². The molecule has 1 N–H and O–H groups in total. The smallest absolute Gasteiger partial charge is 0.354 e. The van der Waals surface area contributed by atoms with E-state index in [9.17, 15) is 4.79 Å². The molecular weight excluding hydrogens is 168 g/mol. The molecule has 0 saturated heterocycles. The second kappa shape index (κ2) is 2.34. The molecule has 2 rings (SSSR count). The minimum absolute atomic E-state index is 0.144. The van der Waals surface area contributed by atoms with E-state index in [2.05, 4.69) is 12.0 Å². The largest absolute Gasteiger partial charge is 0.477 e. The van der Waals surface area contributed by atoms with Gasteiger partial charge in [-0.15, -0.1) is 0 Å². The SMILES string of the molecule is Cn1nc(C2(C)CC2)cc1C(=O)O. The summed E-state index contributed by atoms with van der Waals surface area (Å²) in [7, 11) is 1.67. The Morgan fingerprint density at radius 2 is 2.31 bits per heavy atom. The van der Waals surface area contributed by atoms with Crippen LogP contribution in [0.2, 0.25) is 0 Å². The van der Waals surface area contributed by atoms with Gasteiger partial charge in [-0.25, -0.2) is 4.79 Å². The van der Waals surface area contributed by atoms with Gasteiger partial charge < -0.3 is 5.11 Å². The van der Waals surface area contributed by atoms with Crippen LogP contribution < -0.4 is 0 Å². The van der Waals surface area contributed by atoms with Crippen molar-refractivity contribution >= 4 is 5.97 Å². The molecule has 1 saturated carbocycles. The second-order valence-electron chi connectivity index (χ2n) is 3.90. The molecule has 4 nitrogen and oxygen atoms in total. The van der Waals surface area contributed by atoms with Gasteiger partial charge in [0.15, 0.2) is 0 Å². The molecule has 0 amide bonds. The minimum Gasteiger partial charge on any atom is -0.477 e. The molecule has 1 aromatic heterocycles. The lowest BCUT2D eigenvalue weighted by Crippen LogP contribution is -2.05. The summed E-state index contributed by atoms with van der Waals surface area (Å²) in [4.78, 5) is 10.7. The molecule has 0 atom stereocenters. The second-order valence-corrected chi connectivity index (χ2v) is 3.90. The highest BCUT2D eigenvalue weighted by molar-refractivity contribution is 5.85. The van der Waals surface area contributed by atoms with Gasteiger partial charge in [-0.3, -0.25) is 4.68 Å². The molecule has 1 heterocycles. The number of nitrogens with zero attached hydrogens (tertiary/aromatic N) is 2. The molecular formula is C9H12N2O2. The average Bonchev–Trinajstić information content (AvgIpc) is 2.63. The van der Waals surface area contributed by atoms with E-state index in [4.69, 9.17) is 5.11 Å². The van der Waals surface area contributed by atoms with Crippen LogP contribution in [0.1, 0.15) is 35.9 Å². The Balaban J connectivity index is 2.41. The number of carboxylic acid groups (broad SMARTS) is 1. The summed E-state index contributed by atoms with van der Waals surface area (Å²) < 4.78 is 1.43. The van der Waals surface area contributed by atoms with Crippen LogP contribution in [0, 0.1) is 0 Å². The van der Waals surface area contributed by atoms with E-state index in [0.717, 1.165) is 18.5 Å². The van der Waals surface area contributed by atoms with Gasteiger partial charge in [0.2, 0.25) is 0 Å². The van der Waals surface area contributed by atoms with Crippen molar-refractivity contribution in [3.8, 4) is 0 Å². The lowest BCUT2D eigenvalue weighted by atomic mass is 10.1. The molecule has 1 aliphatic carbocycles. The first-order valence-corrected chi connectivity index (χ1v) is 4.31. The lowest BCUT2D eigenvalue weighted by Gasteiger charge is -2.00. The van der Waals surface area contributed by atoms with Crippen molar-refractivity contribution in [2.75, 3.05) is 0 Å². The highest BCUT2D eigenvalue weighted by Gasteiger charge is 2.41. The maximum Gasteiger partial charge on any atom is 0.354 e. The first kappa shape index (κ1) is 8.29. The summed E-state index contributed by atoms with van der Waals surface area (Å²) in [5.41, 5.74) is 1.32. The fraction of sp³-hybridized carbons (Fsp3) is 0.556. The number of carbonyl (C=O) groups is 1. The summed E-state index contributed by atoms with van der Waals surface area (Å²) in [6, 6.07) is 1.68. The predicted molar refractivity (Wildman–Crippen MR) is 46.8 cm³/mol. The zero-order valence-corrected chi connectivity index (χ0v) is 7.74. The van der Waals surface area contributed by atoms with Crippen LogP contribution >= 0.6 is 0 Å². The summed E-state index contributed by atoms with van der Waals surface area (Å²) in [6.45, 7) is 2.11. The number of aryl methyl sites for hydroxylation is 1. The van der Waals surface area contributed by atoms with Crippen LogP contribution in [0.5, 0.6) is 0 Å². The standard InChI is InChI=1S/C9H12N2O2/c1-9(3-4-9)7-5-6(8(12)13)11(2)10-7/h5H,3-4H2,1-2H3,(H,12,13). The lowest BCUT2D eigenvalue weighted by molar-refractivity contribution is 0.0685. The van der Waals surface area contributed by atoms with Crippen LogP contribution in [-0.2, 0) is 12.5 Å². The molecule has 0 radical (unpaired) electrons. The Bertz CT molecular complexity index is 364. The molecule has 0 aromatic carbocycles. The van der Waals surface area contributed by atoms with Gasteiger partial charge in [0, 0.05) is 12.5 Å². The fourth-order valence-electron chi connectivity index (χ4n) is 1.41. The molecule has 13 heavy (non-hydrogen) atoms. The minimum atomic E-state index is -0.912.